The first kappa shape index (κ1) is 17.6. The third-order valence-electron chi connectivity index (χ3n) is 3.54. The fourth-order valence-electron chi connectivity index (χ4n) is 2.27. The van der Waals surface area contributed by atoms with Crippen LogP contribution in [0, 0.1) is 12.8 Å². The molecule has 0 N–H and O–H groups in total. The summed E-state index contributed by atoms with van der Waals surface area (Å²) in [4.78, 5) is 12.1. The summed E-state index contributed by atoms with van der Waals surface area (Å²) in [5.74, 6) is -0.412. The number of sulfonamides is 1. The molecule has 4 nitrogen and oxygen atoms in total. The second kappa shape index (κ2) is 6.42. The normalized spacial score (nSPS) is 17.9. The van der Waals surface area contributed by atoms with Crippen LogP contribution < -0.4 is 0 Å². The molecule has 0 saturated carbocycles. The minimum Gasteiger partial charge on any atom is -0.288 e. The third-order valence-corrected chi connectivity index (χ3v) is 5.22. The Bertz CT molecular complexity index is 844. The fraction of sp³-hybridized carbons (Fsp3) is 0.294. The average molecular weight is 352 g/mol. The number of aryl methyl sites for hydroxylation is 1. The third kappa shape index (κ3) is 3.62. The molecular weight excluding hydrogens is 334 g/mol. The molecule has 0 aromatic heterocycles. The molecule has 0 fully saturated rings. The molecular formula is C17H18ClNO3S. The van der Waals surface area contributed by atoms with Gasteiger partial charge in [-0.05, 0) is 38.0 Å². The summed E-state index contributed by atoms with van der Waals surface area (Å²) in [5.41, 5.74) is 2.01. The van der Waals surface area contributed by atoms with Crippen LogP contribution in [0.2, 0.25) is 0 Å². The van der Waals surface area contributed by atoms with E-state index in [1.165, 1.54) is 18.2 Å². The van der Waals surface area contributed by atoms with Crippen LogP contribution >= 0.6 is 11.6 Å². The Morgan fingerprint density at radius 3 is 2.17 bits per heavy atom. The highest BCUT2D eigenvalue weighted by Crippen LogP contribution is 2.29. The van der Waals surface area contributed by atoms with Crippen molar-refractivity contribution in [2.24, 2.45) is 10.3 Å². The van der Waals surface area contributed by atoms with Gasteiger partial charge in [0.15, 0.2) is 0 Å². The molecule has 1 aromatic carbocycles. The van der Waals surface area contributed by atoms with Gasteiger partial charge in [-0.15, -0.1) is 0 Å². The Hall–Kier alpha value is -1.72. The van der Waals surface area contributed by atoms with Crippen molar-refractivity contribution in [3.05, 3.63) is 52.1 Å². The van der Waals surface area contributed by atoms with Gasteiger partial charge in [-0.2, -0.15) is 12.8 Å². The molecule has 1 aliphatic rings. The predicted molar refractivity (Wildman–Crippen MR) is 92.3 cm³/mol. The smallest absolute Gasteiger partial charge is 0.282 e. The summed E-state index contributed by atoms with van der Waals surface area (Å²) in [6, 6.07) is 6.45. The van der Waals surface area contributed by atoms with Crippen LogP contribution in [0.15, 0.2) is 55.8 Å². The molecule has 0 spiro atoms. The van der Waals surface area contributed by atoms with E-state index in [9.17, 15) is 13.2 Å². The summed E-state index contributed by atoms with van der Waals surface area (Å²) in [6.07, 6.45) is 1.48. The lowest BCUT2D eigenvalue weighted by Crippen LogP contribution is -2.20. The van der Waals surface area contributed by atoms with Gasteiger partial charge in [0, 0.05) is 11.1 Å². The van der Waals surface area contributed by atoms with Crippen molar-refractivity contribution in [2.45, 2.75) is 32.6 Å². The zero-order chi connectivity index (χ0) is 17.4. The number of allylic oxidation sites excluding steroid dienone is 4. The SMILES string of the molecule is CC1=C/C(=N\S(=O)(=O)c2ccc(C)cc2)C(C(C)C)=C(Cl)C1=O. The molecule has 0 saturated heterocycles. The topological polar surface area (TPSA) is 63.6 Å². The van der Waals surface area contributed by atoms with Crippen LogP contribution in [0.3, 0.4) is 0 Å². The maximum Gasteiger partial charge on any atom is 0.282 e. The number of hydrogen-bond donors (Lipinski definition) is 0. The first-order valence-corrected chi connectivity index (χ1v) is 9.00. The lowest BCUT2D eigenvalue weighted by atomic mass is 9.90. The quantitative estimate of drug-likeness (QED) is 0.778. The maximum absolute atomic E-state index is 12.5. The van der Waals surface area contributed by atoms with Crippen LogP contribution in [0.25, 0.3) is 0 Å². The van der Waals surface area contributed by atoms with Gasteiger partial charge in [-0.1, -0.05) is 43.1 Å². The first-order valence-electron chi connectivity index (χ1n) is 7.18. The van der Waals surface area contributed by atoms with Crippen molar-refractivity contribution in [2.75, 3.05) is 0 Å². The zero-order valence-electron chi connectivity index (χ0n) is 13.4. The molecule has 2 rings (SSSR count). The maximum atomic E-state index is 12.5. The average Bonchev–Trinajstić information content (AvgIpc) is 2.44. The number of hydrogen-bond acceptors (Lipinski definition) is 3. The molecule has 122 valence electrons. The highest BCUT2D eigenvalue weighted by Gasteiger charge is 2.27. The van der Waals surface area contributed by atoms with E-state index in [0.717, 1.165) is 5.56 Å². The number of benzene rings is 1. The van der Waals surface area contributed by atoms with Gasteiger partial charge in [-0.3, -0.25) is 4.79 Å². The van der Waals surface area contributed by atoms with Crippen molar-refractivity contribution in [3.63, 3.8) is 0 Å². The number of ketones is 1. The number of Topliss-reactive ketones (excluding diaryl/α,β-unsaturated/α-hetero) is 1. The summed E-state index contributed by atoms with van der Waals surface area (Å²) < 4.78 is 28.9. The summed E-state index contributed by atoms with van der Waals surface area (Å²) in [6.45, 7) is 7.15. The van der Waals surface area contributed by atoms with Gasteiger partial charge in [-0.25, -0.2) is 0 Å². The van der Waals surface area contributed by atoms with E-state index in [-0.39, 0.29) is 27.3 Å². The highest BCUT2D eigenvalue weighted by atomic mass is 35.5. The van der Waals surface area contributed by atoms with Crippen molar-refractivity contribution >= 4 is 33.1 Å². The molecule has 0 amide bonds. The van der Waals surface area contributed by atoms with Crippen LogP contribution in [-0.4, -0.2) is 19.9 Å². The van der Waals surface area contributed by atoms with E-state index in [0.29, 0.717) is 11.1 Å². The van der Waals surface area contributed by atoms with Crippen molar-refractivity contribution < 1.29 is 13.2 Å². The fourth-order valence-corrected chi connectivity index (χ4v) is 3.73. The number of nitrogens with zero attached hydrogens (tertiary/aromatic N) is 1. The van der Waals surface area contributed by atoms with Gasteiger partial charge >= 0.3 is 0 Å². The molecule has 0 heterocycles. The Kier molecular flexibility index (Phi) is 4.92. The molecule has 23 heavy (non-hydrogen) atoms. The van der Waals surface area contributed by atoms with Crippen LogP contribution in [0.5, 0.6) is 0 Å². The molecule has 0 atom stereocenters. The number of carbonyl (C=O) groups is 1. The molecule has 0 aliphatic heterocycles. The first-order chi connectivity index (χ1) is 10.6. The Morgan fingerprint density at radius 2 is 1.65 bits per heavy atom. The standard InChI is InChI=1S/C17H18ClNO3S/c1-10(2)15-14(9-12(4)17(20)16(15)18)19-23(21,22)13-7-5-11(3)6-8-13/h5-10H,1-4H3/b19-14+. The van der Waals surface area contributed by atoms with E-state index >= 15 is 0 Å². The molecule has 0 unspecified atom stereocenters. The minimum absolute atomic E-state index is 0.0397. The van der Waals surface area contributed by atoms with Crippen LogP contribution in [0.1, 0.15) is 26.3 Å². The zero-order valence-corrected chi connectivity index (χ0v) is 15.0. The predicted octanol–water partition coefficient (Wildman–Crippen LogP) is 3.80. The molecule has 6 heteroatoms. The van der Waals surface area contributed by atoms with Crippen LogP contribution in [0.4, 0.5) is 0 Å². The van der Waals surface area contributed by atoms with Crippen molar-refractivity contribution in [3.8, 4) is 0 Å². The summed E-state index contributed by atoms with van der Waals surface area (Å²) in [7, 11) is -3.87. The van der Waals surface area contributed by atoms with E-state index in [4.69, 9.17) is 11.6 Å². The van der Waals surface area contributed by atoms with Gasteiger partial charge in [0.2, 0.25) is 5.78 Å². The van der Waals surface area contributed by atoms with E-state index < -0.39 is 10.0 Å². The van der Waals surface area contributed by atoms with E-state index in [1.807, 2.05) is 20.8 Å². The van der Waals surface area contributed by atoms with Gasteiger partial charge in [0.1, 0.15) is 0 Å². The van der Waals surface area contributed by atoms with Gasteiger partial charge in [0.25, 0.3) is 10.0 Å². The number of carbonyl (C=O) groups excluding carboxylic acids is 1. The lowest BCUT2D eigenvalue weighted by molar-refractivity contribution is -0.111. The summed E-state index contributed by atoms with van der Waals surface area (Å²) >= 11 is 6.13. The van der Waals surface area contributed by atoms with Gasteiger partial charge in [0.05, 0.1) is 15.6 Å². The Labute approximate surface area is 141 Å². The molecule has 1 aliphatic carbocycles. The van der Waals surface area contributed by atoms with Crippen molar-refractivity contribution in [1.29, 1.82) is 0 Å². The molecule has 0 bridgehead atoms. The summed E-state index contributed by atoms with van der Waals surface area (Å²) in [5, 5.41) is 0.0397. The second-order valence-corrected chi connectivity index (χ2v) is 7.79. The number of halogens is 1. The van der Waals surface area contributed by atoms with Gasteiger partial charge < -0.3 is 0 Å². The largest absolute Gasteiger partial charge is 0.288 e. The Balaban J connectivity index is 2.60. The van der Waals surface area contributed by atoms with E-state index in [2.05, 4.69) is 4.40 Å². The van der Waals surface area contributed by atoms with E-state index in [1.54, 1.807) is 19.1 Å². The van der Waals surface area contributed by atoms with Crippen LogP contribution in [-0.2, 0) is 14.8 Å². The molecule has 0 radical (unpaired) electrons. The second-order valence-electron chi connectivity index (χ2n) is 5.80. The number of rotatable bonds is 3. The highest BCUT2D eigenvalue weighted by molar-refractivity contribution is 7.90. The monoisotopic (exact) mass is 351 g/mol. The lowest BCUT2D eigenvalue weighted by Gasteiger charge is -2.19. The Morgan fingerprint density at radius 1 is 1.09 bits per heavy atom. The minimum atomic E-state index is -3.87. The molecule has 1 aromatic rings. The van der Waals surface area contributed by atoms with Crippen molar-refractivity contribution in [1.82, 2.24) is 0 Å².